The molecule has 0 amide bonds. The van der Waals surface area contributed by atoms with Crippen molar-refractivity contribution in [3.8, 4) is 11.4 Å². The normalized spacial score (nSPS) is 12.6. The summed E-state index contributed by atoms with van der Waals surface area (Å²) in [7, 11) is 0. The van der Waals surface area contributed by atoms with Crippen LogP contribution in [0.2, 0.25) is 0 Å². The summed E-state index contributed by atoms with van der Waals surface area (Å²) in [4.78, 5) is 0. The molecule has 1 unspecified atom stereocenters. The third-order valence-corrected chi connectivity index (χ3v) is 6.08. The number of aliphatic hydroxyl groups is 1. The van der Waals surface area contributed by atoms with Crippen LogP contribution in [0, 0.1) is 0 Å². The second-order valence-corrected chi connectivity index (χ2v) is 7.99. The Balaban J connectivity index is 1.36. The highest BCUT2D eigenvalue weighted by atomic mass is 32.2. The monoisotopic (exact) mass is 417 g/mol. The number of benzene rings is 3. The lowest BCUT2D eigenvalue weighted by atomic mass is 10.2. The molecule has 0 bridgehead atoms. The molecule has 0 aliphatic rings. The number of phenolic OH excluding ortho intramolecular Hbond substituents is 1. The van der Waals surface area contributed by atoms with E-state index in [1.807, 2.05) is 24.3 Å². The SMILES string of the molecule is Oc1ccc(-n2nnnc2SCC(O)Cn2c3ccccc3c3ccccc32)cc1. The number of hydrogen-bond donors (Lipinski definition) is 2. The molecule has 0 radical (unpaired) electrons. The largest absolute Gasteiger partial charge is 0.508 e. The quantitative estimate of drug-likeness (QED) is 0.410. The lowest BCUT2D eigenvalue weighted by molar-refractivity contribution is 0.181. The lowest BCUT2D eigenvalue weighted by Crippen LogP contribution is -2.18. The molecular weight excluding hydrogens is 398 g/mol. The fraction of sp³-hybridized carbons (Fsp3) is 0.136. The summed E-state index contributed by atoms with van der Waals surface area (Å²) in [5, 5.41) is 35.0. The van der Waals surface area contributed by atoms with Gasteiger partial charge in [0.25, 0.3) is 0 Å². The van der Waals surface area contributed by atoms with Crippen molar-refractivity contribution in [2.45, 2.75) is 17.8 Å². The Hall–Kier alpha value is -3.36. The molecule has 0 aliphatic carbocycles. The van der Waals surface area contributed by atoms with E-state index in [-0.39, 0.29) is 5.75 Å². The maximum absolute atomic E-state index is 10.8. The lowest BCUT2D eigenvalue weighted by Gasteiger charge is -2.13. The van der Waals surface area contributed by atoms with Crippen molar-refractivity contribution in [3.05, 3.63) is 72.8 Å². The predicted octanol–water partition coefficient (Wildman–Crippen LogP) is 3.63. The molecule has 30 heavy (non-hydrogen) atoms. The molecule has 0 fully saturated rings. The number of aliphatic hydroxyl groups excluding tert-OH is 1. The minimum Gasteiger partial charge on any atom is -0.508 e. The third-order valence-electron chi connectivity index (χ3n) is 5.01. The number of hydrogen-bond acceptors (Lipinski definition) is 6. The van der Waals surface area contributed by atoms with Crippen molar-refractivity contribution >= 4 is 33.6 Å². The van der Waals surface area contributed by atoms with Gasteiger partial charge in [0, 0.05) is 27.6 Å². The highest BCUT2D eigenvalue weighted by Gasteiger charge is 2.16. The Kier molecular flexibility index (Phi) is 4.86. The van der Waals surface area contributed by atoms with Gasteiger partial charge in [-0.25, -0.2) is 0 Å². The Morgan fingerprint density at radius 2 is 1.50 bits per heavy atom. The van der Waals surface area contributed by atoms with E-state index in [1.54, 1.807) is 28.9 Å². The van der Waals surface area contributed by atoms with Crippen molar-refractivity contribution in [3.63, 3.8) is 0 Å². The Labute approximate surface area is 176 Å². The van der Waals surface area contributed by atoms with Crippen LogP contribution in [-0.2, 0) is 6.54 Å². The highest BCUT2D eigenvalue weighted by molar-refractivity contribution is 7.99. The van der Waals surface area contributed by atoms with Crippen LogP contribution < -0.4 is 0 Å². The number of fused-ring (bicyclic) bond motifs is 3. The van der Waals surface area contributed by atoms with E-state index in [0.29, 0.717) is 17.5 Å². The Morgan fingerprint density at radius 1 is 0.867 bits per heavy atom. The van der Waals surface area contributed by atoms with Crippen molar-refractivity contribution < 1.29 is 10.2 Å². The van der Waals surface area contributed by atoms with Crippen LogP contribution >= 0.6 is 11.8 Å². The fourth-order valence-corrected chi connectivity index (χ4v) is 4.46. The van der Waals surface area contributed by atoms with E-state index in [0.717, 1.165) is 16.7 Å². The molecule has 8 heteroatoms. The van der Waals surface area contributed by atoms with Crippen LogP contribution in [0.15, 0.2) is 78.0 Å². The number of phenols is 1. The number of aromatic hydroxyl groups is 1. The average molecular weight is 417 g/mol. The minimum absolute atomic E-state index is 0.183. The first-order chi connectivity index (χ1) is 14.7. The molecule has 150 valence electrons. The zero-order valence-corrected chi connectivity index (χ0v) is 16.8. The van der Waals surface area contributed by atoms with E-state index in [1.165, 1.54) is 22.5 Å². The van der Waals surface area contributed by atoms with Gasteiger partial charge in [-0.15, -0.1) is 5.10 Å². The van der Waals surface area contributed by atoms with Gasteiger partial charge in [-0.1, -0.05) is 48.2 Å². The van der Waals surface area contributed by atoms with Gasteiger partial charge in [0.15, 0.2) is 0 Å². The second-order valence-electron chi connectivity index (χ2n) is 7.00. The van der Waals surface area contributed by atoms with Crippen LogP contribution in [0.25, 0.3) is 27.5 Å². The van der Waals surface area contributed by atoms with Gasteiger partial charge in [-0.2, -0.15) is 4.68 Å². The third kappa shape index (κ3) is 3.40. The Bertz CT molecular complexity index is 1260. The number of aromatic nitrogens is 5. The van der Waals surface area contributed by atoms with Crippen LogP contribution in [-0.4, -0.2) is 46.8 Å². The number of rotatable bonds is 6. The maximum Gasteiger partial charge on any atom is 0.214 e. The van der Waals surface area contributed by atoms with Crippen LogP contribution in [0.1, 0.15) is 0 Å². The zero-order valence-electron chi connectivity index (χ0n) is 16.0. The molecule has 7 nitrogen and oxygen atoms in total. The summed E-state index contributed by atoms with van der Waals surface area (Å²) in [6, 6.07) is 23.2. The van der Waals surface area contributed by atoms with Crippen molar-refractivity contribution in [1.82, 2.24) is 24.8 Å². The molecule has 0 saturated carbocycles. The molecule has 1 atom stereocenters. The molecule has 2 heterocycles. The van der Waals surface area contributed by atoms with Crippen molar-refractivity contribution in [1.29, 1.82) is 0 Å². The first-order valence-corrected chi connectivity index (χ1v) is 10.5. The van der Waals surface area contributed by atoms with Gasteiger partial charge >= 0.3 is 0 Å². The summed E-state index contributed by atoms with van der Waals surface area (Å²) >= 11 is 1.39. The smallest absolute Gasteiger partial charge is 0.214 e. The van der Waals surface area contributed by atoms with Crippen LogP contribution in [0.3, 0.4) is 0 Å². The van der Waals surface area contributed by atoms with E-state index in [4.69, 9.17) is 0 Å². The minimum atomic E-state index is -0.584. The van der Waals surface area contributed by atoms with Gasteiger partial charge in [0.05, 0.1) is 18.3 Å². The molecule has 5 aromatic rings. The van der Waals surface area contributed by atoms with Gasteiger partial charge < -0.3 is 14.8 Å². The molecule has 2 aromatic heterocycles. The molecule has 5 rings (SSSR count). The van der Waals surface area contributed by atoms with E-state index >= 15 is 0 Å². The summed E-state index contributed by atoms with van der Waals surface area (Å²) in [5.41, 5.74) is 2.96. The van der Waals surface area contributed by atoms with Crippen LogP contribution in [0.4, 0.5) is 0 Å². The summed E-state index contributed by atoms with van der Waals surface area (Å²) in [6.45, 7) is 0.474. The molecule has 0 spiro atoms. The van der Waals surface area contributed by atoms with E-state index < -0.39 is 6.10 Å². The Morgan fingerprint density at radius 3 is 2.17 bits per heavy atom. The molecule has 0 aliphatic heterocycles. The van der Waals surface area contributed by atoms with E-state index in [2.05, 4.69) is 44.4 Å². The average Bonchev–Trinajstić information content (AvgIpc) is 3.37. The summed E-state index contributed by atoms with van der Waals surface area (Å²) in [5.74, 6) is 0.627. The van der Waals surface area contributed by atoms with Crippen LogP contribution in [0.5, 0.6) is 5.75 Å². The number of tetrazole rings is 1. The van der Waals surface area contributed by atoms with Gasteiger partial charge in [-0.3, -0.25) is 0 Å². The first kappa shape index (κ1) is 18.7. The van der Waals surface area contributed by atoms with Gasteiger partial charge in [0.1, 0.15) is 5.75 Å². The summed E-state index contributed by atoms with van der Waals surface area (Å²) in [6.07, 6.45) is -0.584. The number of para-hydroxylation sites is 2. The highest BCUT2D eigenvalue weighted by Crippen LogP contribution is 2.29. The molecule has 3 aromatic carbocycles. The summed E-state index contributed by atoms with van der Waals surface area (Å²) < 4.78 is 3.76. The standard InChI is InChI=1S/C22H19N5O2S/c28-16-11-9-15(10-12-16)27-22(23-24-25-27)30-14-17(29)13-26-20-7-3-1-5-18(20)19-6-2-4-8-21(19)26/h1-12,17,28-29H,13-14H2. The van der Waals surface area contributed by atoms with Crippen molar-refractivity contribution in [2.75, 3.05) is 5.75 Å². The molecule has 2 N–H and O–H groups in total. The van der Waals surface area contributed by atoms with Gasteiger partial charge in [0.2, 0.25) is 5.16 Å². The fourth-order valence-electron chi connectivity index (χ4n) is 3.66. The first-order valence-electron chi connectivity index (χ1n) is 9.55. The zero-order chi connectivity index (χ0) is 20.5. The number of thioether (sulfide) groups is 1. The topological polar surface area (TPSA) is 89.0 Å². The predicted molar refractivity (Wildman–Crippen MR) is 117 cm³/mol. The second kappa shape index (κ2) is 7.81. The van der Waals surface area contributed by atoms with E-state index in [9.17, 15) is 10.2 Å². The number of nitrogens with zero attached hydrogens (tertiary/aromatic N) is 5. The maximum atomic E-state index is 10.8. The molecule has 0 saturated heterocycles. The molecular formula is C22H19N5O2S. The van der Waals surface area contributed by atoms with Crippen molar-refractivity contribution in [2.24, 2.45) is 0 Å². The van der Waals surface area contributed by atoms with Gasteiger partial charge in [-0.05, 0) is 46.8 Å².